The molecule has 0 saturated heterocycles. The molecule has 3 aromatic rings. The zero-order chi connectivity index (χ0) is 34.1. The first kappa shape index (κ1) is 37.5. The lowest BCUT2D eigenvalue weighted by molar-refractivity contribution is 0.0175. The second-order valence-corrected chi connectivity index (χ2v) is 10.9. The van der Waals surface area contributed by atoms with Crippen molar-refractivity contribution in [1.29, 1.82) is 0 Å². The van der Waals surface area contributed by atoms with Crippen molar-refractivity contribution < 1.29 is 23.2 Å². The van der Waals surface area contributed by atoms with E-state index in [0.717, 1.165) is 19.0 Å². The number of hydrogen-bond acceptors (Lipinski definition) is 5. The van der Waals surface area contributed by atoms with Crippen molar-refractivity contribution in [2.45, 2.75) is 59.8 Å². The molecule has 0 unspecified atom stereocenters. The van der Waals surface area contributed by atoms with Gasteiger partial charge in [-0.3, -0.25) is 19.8 Å². The highest BCUT2D eigenvalue weighted by molar-refractivity contribution is 6.01. The van der Waals surface area contributed by atoms with Crippen molar-refractivity contribution in [2.75, 3.05) is 30.3 Å². The molecule has 0 radical (unpaired) electrons. The highest BCUT2D eigenvalue weighted by atomic mass is 19.3. The van der Waals surface area contributed by atoms with Crippen LogP contribution in [0.1, 0.15) is 85.3 Å². The number of carbonyl (C=O) groups is 3. The number of Topliss-reactive ketones (excluding diaryl/α,β-unsaturated/α-hetero) is 1. The molecule has 0 saturated carbocycles. The van der Waals surface area contributed by atoms with Crippen LogP contribution in [-0.2, 0) is 12.3 Å². The van der Waals surface area contributed by atoms with Crippen LogP contribution in [0.2, 0.25) is 0 Å². The van der Waals surface area contributed by atoms with Crippen LogP contribution in [0.3, 0.4) is 0 Å². The number of hydrogen-bond donors (Lipinski definition) is 3. The lowest BCUT2D eigenvalue weighted by Crippen LogP contribution is -2.27. The molecule has 0 atom stereocenters. The zero-order valence-electron chi connectivity index (χ0n) is 27.3. The maximum Gasteiger partial charge on any atom is 0.324 e. The van der Waals surface area contributed by atoms with E-state index >= 15 is 0 Å². The van der Waals surface area contributed by atoms with E-state index in [-0.39, 0.29) is 22.9 Å². The maximum absolute atomic E-state index is 13.3. The third-order valence-corrected chi connectivity index (χ3v) is 6.65. The normalized spacial score (nSPS) is 11.4. The van der Waals surface area contributed by atoms with Gasteiger partial charge in [0.1, 0.15) is 11.5 Å². The lowest BCUT2D eigenvalue weighted by Gasteiger charge is -2.20. The number of alkyl halides is 2. The Balaban J connectivity index is 0.000000415. The van der Waals surface area contributed by atoms with Gasteiger partial charge >= 0.3 is 6.03 Å². The summed E-state index contributed by atoms with van der Waals surface area (Å²) in [7, 11) is 0. The van der Waals surface area contributed by atoms with Crippen molar-refractivity contribution in [3.05, 3.63) is 113 Å². The number of nitrogens with one attached hydrogen (secondary N) is 3. The van der Waals surface area contributed by atoms with Gasteiger partial charge in [0, 0.05) is 36.7 Å². The van der Waals surface area contributed by atoms with Gasteiger partial charge in [-0.15, -0.1) is 0 Å². The van der Waals surface area contributed by atoms with E-state index in [9.17, 15) is 23.2 Å². The SMILES string of the molecule is C=C(/C=C\C=C/C)CN(CCC)CCC.CC(=O)c1ccc(Cc2nc(NC(=O)Nc3ccc(C(C)(F)F)cc3)c(C=O)[nH]2)cc1. The summed E-state index contributed by atoms with van der Waals surface area (Å²) in [6, 6.07) is 11.4. The molecule has 3 rings (SSSR count). The van der Waals surface area contributed by atoms with Crippen LogP contribution in [0.15, 0.2) is 85.0 Å². The molecule has 0 aliphatic rings. The summed E-state index contributed by atoms with van der Waals surface area (Å²) in [4.78, 5) is 44.5. The maximum atomic E-state index is 13.3. The second kappa shape index (κ2) is 19.0. The number of benzene rings is 2. The average Bonchev–Trinajstić information content (AvgIpc) is 3.38. The minimum atomic E-state index is -2.97. The van der Waals surface area contributed by atoms with Crippen molar-refractivity contribution >= 4 is 29.6 Å². The molecule has 246 valence electrons. The van der Waals surface area contributed by atoms with Crippen LogP contribution >= 0.6 is 0 Å². The highest BCUT2D eigenvalue weighted by Gasteiger charge is 2.23. The third-order valence-electron chi connectivity index (χ3n) is 6.65. The number of amides is 2. The Bertz CT molecular complexity index is 1480. The molecular weight excluding hydrogens is 588 g/mol. The number of nitrogens with zero attached hydrogens (tertiary/aromatic N) is 2. The summed E-state index contributed by atoms with van der Waals surface area (Å²) in [5.41, 5.74) is 2.86. The summed E-state index contributed by atoms with van der Waals surface area (Å²) < 4.78 is 26.5. The molecule has 0 fully saturated rings. The zero-order valence-corrected chi connectivity index (χ0v) is 27.3. The van der Waals surface area contributed by atoms with E-state index in [1.54, 1.807) is 24.3 Å². The van der Waals surface area contributed by atoms with Crippen molar-refractivity contribution in [3.63, 3.8) is 0 Å². The molecule has 0 aliphatic carbocycles. The standard InChI is InChI=1S/C22H20F2N4O3.C14H25N/c1-13(30)15-5-3-14(4-6-15)11-19-26-18(12-29)20(27-19)28-21(31)25-17-9-7-16(8-10-17)22(2,23)24;1-5-8-9-10-14(4)13-15(11-6-2)12-7-3/h3-10,12H,11H2,1-2H3,(H,26,27)(H2,25,28,31);5,8-10H,4,6-7,11-13H2,1-3H3/b;8-5-,10-9-. The largest absolute Gasteiger partial charge is 0.338 e. The molecule has 3 N–H and O–H groups in total. The number of allylic oxidation sites excluding steroid dienone is 3. The van der Waals surface area contributed by atoms with Gasteiger partial charge in [0.25, 0.3) is 5.92 Å². The Kier molecular flexibility index (Phi) is 15.4. The number of aromatic amines is 1. The molecule has 1 heterocycles. The predicted octanol–water partition coefficient (Wildman–Crippen LogP) is 8.57. The molecule has 10 heteroatoms. The Morgan fingerprint density at radius 3 is 2.15 bits per heavy atom. The second-order valence-electron chi connectivity index (χ2n) is 10.9. The average molecular weight is 634 g/mol. The van der Waals surface area contributed by atoms with Crippen LogP contribution < -0.4 is 10.6 Å². The van der Waals surface area contributed by atoms with E-state index in [0.29, 0.717) is 29.8 Å². The topological polar surface area (TPSA) is 107 Å². The van der Waals surface area contributed by atoms with Crippen LogP contribution in [0.5, 0.6) is 0 Å². The number of anilines is 2. The highest BCUT2D eigenvalue weighted by Crippen LogP contribution is 2.27. The molecule has 2 aromatic carbocycles. The Hall–Kier alpha value is -4.70. The minimum absolute atomic E-state index is 0.0386. The summed E-state index contributed by atoms with van der Waals surface area (Å²) in [6.07, 6.45) is 11.5. The molecule has 8 nitrogen and oxygen atoms in total. The van der Waals surface area contributed by atoms with Crippen molar-refractivity contribution in [2.24, 2.45) is 0 Å². The number of ketones is 1. The Morgan fingerprint density at radius 1 is 1.00 bits per heavy atom. The number of urea groups is 1. The first-order valence-electron chi connectivity index (χ1n) is 15.3. The Morgan fingerprint density at radius 2 is 1.63 bits per heavy atom. The molecule has 0 bridgehead atoms. The first-order chi connectivity index (χ1) is 21.9. The van der Waals surface area contributed by atoms with Crippen molar-refractivity contribution in [3.8, 4) is 0 Å². The molecule has 0 spiro atoms. The summed E-state index contributed by atoms with van der Waals surface area (Å²) in [5.74, 6) is -2.53. The van der Waals surface area contributed by atoms with Gasteiger partial charge in [-0.1, -0.05) is 81.1 Å². The van der Waals surface area contributed by atoms with Crippen molar-refractivity contribution in [1.82, 2.24) is 14.9 Å². The van der Waals surface area contributed by atoms with Crippen LogP contribution in [-0.4, -0.2) is 52.6 Å². The van der Waals surface area contributed by atoms with Gasteiger partial charge in [0.05, 0.1) is 0 Å². The number of aromatic nitrogens is 2. The van der Waals surface area contributed by atoms with Gasteiger partial charge in [-0.25, -0.2) is 18.6 Å². The van der Waals surface area contributed by atoms with Crippen LogP contribution in [0.25, 0.3) is 0 Å². The minimum Gasteiger partial charge on any atom is -0.338 e. The van der Waals surface area contributed by atoms with E-state index in [2.05, 4.69) is 58.1 Å². The number of carbonyl (C=O) groups excluding carboxylic acids is 3. The fourth-order valence-corrected chi connectivity index (χ4v) is 4.41. The van der Waals surface area contributed by atoms with E-state index in [1.807, 2.05) is 19.1 Å². The Labute approximate surface area is 270 Å². The van der Waals surface area contributed by atoms with Gasteiger partial charge in [0.15, 0.2) is 17.9 Å². The summed E-state index contributed by atoms with van der Waals surface area (Å²) in [5, 5.41) is 4.97. The first-order valence-corrected chi connectivity index (χ1v) is 15.3. The van der Waals surface area contributed by atoms with Crippen LogP contribution in [0, 0.1) is 0 Å². The quantitative estimate of drug-likeness (QED) is 0.0883. The van der Waals surface area contributed by atoms with Gasteiger partial charge in [0.2, 0.25) is 0 Å². The number of halogens is 2. The van der Waals surface area contributed by atoms with Gasteiger partial charge in [-0.2, -0.15) is 0 Å². The molecule has 0 aliphatic heterocycles. The van der Waals surface area contributed by atoms with Crippen LogP contribution in [0.4, 0.5) is 25.1 Å². The number of aldehydes is 1. The smallest absolute Gasteiger partial charge is 0.324 e. The fourth-order valence-electron chi connectivity index (χ4n) is 4.41. The monoisotopic (exact) mass is 633 g/mol. The lowest BCUT2D eigenvalue weighted by atomic mass is 10.1. The van der Waals surface area contributed by atoms with E-state index in [1.165, 1.54) is 62.7 Å². The number of rotatable bonds is 15. The third kappa shape index (κ3) is 13.1. The molecule has 1 aromatic heterocycles. The molecule has 2 amide bonds. The van der Waals surface area contributed by atoms with Gasteiger partial charge in [-0.05, 0) is 63.0 Å². The summed E-state index contributed by atoms with van der Waals surface area (Å²) in [6.45, 7) is 16.1. The molecule has 46 heavy (non-hydrogen) atoms. The fraction of sp³-hybridized carbons (Fsp3) is 0.333. The van der Waals surface area contributed by atoms with E-state index < -0.39 is 12.0 Å². The van der Waals surface area contributed by atoms with E-state index in [4.69, 9.17) is 0 Å². The summed E-state index contributed by atoms with van der Waals surface area (Å²) >= 11 is 0. The number of H-pyrrole nitrogens is 1. The molecular formula is C36H45F2N5O3. The number of imidazole rings is 1. The predicted molar refractivity (Wildman–Crippen MR) is 182 cm³/mol. The van der Waals surface area contributed by atoms with Gasteiger partial charge < -0.3 is 10.3 Å².